The van der Waals surface area contributed by atoms with Crippen LogP contribution in [-0.2, 0) is 17.5 Å². The zero-order chi connectivity index (χ0) is 16.3. The van der Waals surface area contributed by atoms with Gasteiger partial charge in [-0.05, 0) is 24.6 Å². The first-order chi connectivity index (χ1) is 10.3. The number of alkyl halides is 3. The molecule has 2 aromatic rings. The van der Waals surface area contributed by atoms with Crippen LogP contribution in [0.5, 0.6) is 0 Å². The van der Waals surface area contributed by atoms with Gasteiger partial charge in [0.2, 0.25) is 0 Å². The van der Waals surface area contributed by atoms with E-state index in [4.69, 9.17) is 4.74 Å². The highest BCUT2D eigenvalue weighted by Crippen LogP contribution is 2.32. The minimum absolute atomic E-state index is 0.137. The first kappa shape index (κ1) is 16.0. The van der Waals surface area contributed by atoms with Crippen molar-refractivity contribution in [3.05, 3.63) is 53.1 Å². The minimum atomic E-state index is -4.67. The van der Waals surface area contributed by atoms with Crippen LogP contribution < -0.4 is 0 Å². The first-order valence-electron chi connectivity index (χ1n) is 6.36. The highest BCUT2D eigenvalue weighted by molar-refractivity contribution is 5.88. The molecule has 0 bridgehead atoms. The predicted octanol–water partition coefficient (Wildman–Crippen LogP) is 3.27. The highest BCUT2D eigenvalue weighted by atomic mass is 19.4. The molecule has 0 aliphatic heterocycles. The maximum absolute atomic E-state index is 13.0. The zero-order valence-corrected chi connectivity index (χ0v) is 11.5. The lowest BCUT2D eigenvalue weighted by molar-refractivity contribution is -0.138. The van der Waals surface area contributed by atoms with Crippen LogP contribution in [0.15, 0.2) is 30.6 Å². The summed E-state index contributed by atoms with van der Waals surface area (Å²) in [6, 6.07) is 2.43. The molecule has 0 atom stereocenters. The van der Waals surface area contributed by atoms with Crippen molar-refractivity contribution >= 4 is 5.97 Å². The Morgan fingerprint density at radius 3 is 2.73 bits per heavy atom. The molecule has 0 N–H and O–H groups in total. The second-order valence-corrected chi connectivity index (χ2v) is 4.45. The van der Waals surface area contributed by atoms with Gasteiger partial charge in [0.1, 0.15) is 5.82 Å². The van der Waals surface area contributed by atoms with E-state index in [1.165, 1.54) is 12.4 Å². The number of halogens is 4. The predicted molar refractivity (Wildman–Crippen MR) is 68.7 cm³/mol. The van der Waals surface area contributed by atoms with E-state index in [0.29, 0.717) is 6.07 Å². The van der Waals surface area contributed by atoms with E-state index in [0.717, 1.165) is 16.8 Å². The first-order valence-corrected chi connectivity index (χ1v) is 6.36. The Hall–Kier alpha value is -2.38. The molecule has 1 aromatic heterocycles. The topological polar surface area (TPSA) is 44.1 Å². The molecule has 0 aliphatic carbocycles. The Balaban J connectivity index is 2.26. The molecule has 0 saturated heterocycles. The van der Waals surface area contributed by atoms with Crippen molar-refractivity contribution in [2.45, 2.75) is 19.6 Å². The molecular weight excluding hydrogens is 304 g/mol. The van der Waals surface area contributed by atoms with Gasteiger partial charge in [-0.2, -0.15) is 18.3 Å². The van der Waals surface area contributed by atoms with Crippen molar-refractivity contribution < 1.29 is 27.1 Å². The van der Waals surface area contributed by atoms with Crippen LogP contribution in [0.4, 0.5) is 17.6 Å². The molecule has 0 amide bonds. The average molecular weight is 316 g/mol. The van der Waals surface area contributed by atoms with Crippen molar-refractivity contribution in [3.8, 4) is 0 Å². The fourth-order valence-corrected chi connectivity index (χ4v) is 1.89. The summed E-state index contributed by atoms with van der Waals surface area (Å²) in [6.07, 6.45) is -2.19. The Morgan fingerprint density at radius 1 is 1.36 bits per heavy atom. The third kappa shape index (κ3) is 3.63. The summed E-state index contributed by atoms with van der Waals surface area (Å²) in [7, 11) is 0. The molecule has 1 aromatic carbocycles. The summed E-state index contributed by atoms with van der Waals surface area (Å²) in [4.78, 5) is 11.5. The van der Waals surface area contributed by atoms with E-state index < -0.39 is 23.5 Å². The lowest BCUT2D eigenvalue weighted by atomic mass is 10.1. The summed E-state index contributed by atoms with van der Waals surface area (Å²) in [6.45, 7) is 1.57. The Morgan fingerprint density at radius 2 is 2.09 bits per heavy atom. The van der Waals surface area contributed by atoms with E-state index in [1.807, 2.05) is 0 Å². The second kappa shape index (κ2) is 6.17. The number of aromatic nitrogens is 2. The van der Waals surface area contributed by atoms with Crippen molar-refractivity contribution in [2.75, 3.05) is 6.61 Å². The Bertz CT molecular complexity index is 680. The van der Waals surface area contributed by atoms with E-state index >= 15 is 0 Å². The van der Waals surface area contributed by atoms with Gasteiger partial charge in [0, 0.05) is 6.20 Å². The minimum Gasteiger partial charge on any atom is -0.462 e. The van der Waals surface area contributed by atoms with Gasteiger partial charge in [0.15, 0.2) is 0 Å². The number of hydrogen-bond donors (Lipinski definition) is 0. The van der Waals surface area contributed by atoms with Gasteiger partial charge >= 0.3 is 12.1 Å². The molecule has 0 radical (unpaired) electrons. The summed E-state index contributed by atoms with van der Waals surface area (Å²) in [5.41, 5.74) is -1.08. The zero-order valence-electron chi connectivity index (χ0n) is 11.5. The molecule has 0 fully saturated rings. The average Bonchev–Trinajstić information content (AvgIpc) is 2.88. The van der Waals surface area contributed by atoms with E-state index in [1.54, 1.807) is 6.92 Å². The normalized spacial score (nSPS) is 11.5. The van der Waals surface area contributed by atoms with Crippen molar-refractivity contribution in [3.63, 3.8) is 0 Å². The lowest BCUT2D eigenvalue weighted by Crippen LogP contribution is -2.12. The number of esters is 1. The molecule has 118 valence electrons. The fourth-order valence-electron chi connectivity index (χ4n) is 1.89. The number of ether oxygens (including phenoxy) is 1. The second-order valence-electron chi connectivity index (χ2n) is 4.45. The summed E-state index contributed by atoms with van der Waals surface area (Å²) < 4.78 is 57.6. The molecular formula is C14H12F4N2O2. The number of rotatable bonds is 4. The fraction of sp³-hybridized carbons (Fsp3) is 0.286. The standard InChI is InChI=1S/C14H12F4N2O2/c1-2-22-13(21)10-6-19-20(8-10)7-9-3-4-11(15)5-12(9)14(16,17)18/h3-6,8H,2,7H2,1H3. The largest absolute Gasteiger partial charge is 0.462 e. The van der Waals surface area contributed by atoms with Crippen LogP contribution in [0, 0.1) is 5.82 Å². The van der Waals surface area contributed by atoms with Gasteiger partial charge in [-0.15, -0.1) is 0 Å². The molecule has 0 spiro atoms. The van der Waals surface area contributed by atoms with E-state index in [2.05, 4.69) is 5.10 Å². The number of benzene rings is 1. The van der Waals surface area contributed by atoms with Gasteiger partial charge in [-0.25, -0.2) is 9.18 Å². The van der Waals surface area contributed by atoms with Crippen molar-refractivity contribution in [1.82, 2.24) is 9.78 Å². The number of carbonyl (C=O) groups excluding carboxylic acids is 1. The quantitative estimate of drug-likeness (QED) is 0.642. The molecule has 8 heteroatoms. The Labute approximate surface area is 123 Å². The lowest BCUT2D eigenvalue weighted by Gasteiger charge is -2.12. The molecule has 2 rings (SSSR count). The Kier molecular flexibility index (Phi) is 4.48. The SMILES string of the molecule is CCOC(=O)c1cnn(Cc2ccc(F)cc2C(F)(F)F)c1. The van der Waals surface area contributed by atoms with Gasteiger partial charge < -0.3 is 4.74 Å². The maximum atomic E-state index is 13.0. The van der Waals surface area contributed by atoms with Crippen molar-refractivity contribution in [2.24, 2.45) is 0 Å². The monoisotopic (exact) mass is 316 g/mol. The smallest absolute Gasteiger partial charge is 0.416 e. The van der Waals surface area contributed by atoms with Gasteiger partial charge in [-0.1, -0.05) is 6.07 Å². The molecule has 0 saturated carbocycles. The number of hydrogen-bond acceptors (Lipinski definition) is 3. The van der Waals surface area contributed by atoms with Crippen LogP contribution in [0.1, 0.15) is 28.4 Å². The number of carbonyl (C=O) groups is 1. The van der Waals surface area contributed by atoms with Crippen LogP contribution >= 0.6 is 0 Å². The molecule has 4 nitrogen and oxygen atoms in total. The van der Waals surface area contributed by atoms with E-state index in [9.17, 15) is 22.4 Å². The number of nitrogens with zero attached hydrogens (tertiary/aromatic N) is 2. The van der Waals surface area contributed by atoms with Crippen molar-refractivity contribution in [1.29, 1.82) is 0 Å². The van der Waals surface area contributed by atoms with Crippen LogP contribution in [0.3, 0.4) is 0 Å². The summed E-state index contributed by atoms with van der Waals surface area (Å²) >= 11 is 0. The third-order valence-corrected chi connectivity index (χ3v) is 2.85. The summed E-state index contributed by atoms with van der Waals surface area (Å²) in [5.74, 6) is -1.58. The molecule has 22 heavy (non-hydrogen) atoms. The molecule has 0 unspecified atom stereocenters. The summed E-state index contributed by atoms with van der Waals surface area (Å²) in [5, 5.41) is 3.82. The van der Waals surface area contributed by atoms with Crippen LogP contribution in [0.2, 0.25) is 0 Å². The highest BCUT2D eigenvalue weighted by Gasteiger charge is 2.33. The third-order valence-electron chi connectivity index (χ3n) is 2.85. The van der Waals surface area contributed by atoms with Crippen LogP contribution in [0.25, 0.3) is 0 Å². The van der Waals surface area contributed by atoms with Gasteiger partial charge in [-0.3, -0.25) is 4.68 Å². The maximum Gasteiger partial charge on any atom is 0.416 e. The van der Waals surface area contributed by atoms with E-state index in [-0.39, 0.29) is 24.3 Å². The molecule has 0 aliphatic rings. The van der Waals surface area contributed by atoms with Gasteiger partial charge in [0.05, 0.1) is 30.5 Å². The van der Waals surface area contributed by atoms with Crippen LogP contribution in [-0.4, -0.2) is 22.4 Å². The molecule has 1 heterocycles. The van der Waals surface area contributed by atoms with Gasteiger partial charge in [0.25, 0.3) is 0 Å².